The molecule has 5 rings (SSSR count). The predicted octanol–water partition coefficient (Wildman–Crippen LogP) is 2.92. The largest absolute Gasteiger partial charge is 0.472 e. The van der Waals surface area contributed by atoms with E-state index in [4.69, 9.17) is 4.42 Å². The molecule has 2 aliphatic heterocycles. The van der Waals surface area contributed by atoms with Crippen molar-refractivity contribution in [1.29, 1.82) is 0 Å². The van der Waals surface area contributed by atoms with Gasteiger partial charge in [-0.2, -0.15) is 5.10 Å². The number of likely N-dealkylation sites (tertiary alicyclic amines) is 1. The molecule has 2 aliphatic rings. The minimum Gasteiger partial charge on any atom is -0.472 e. The molecular formula is C20H21N3O3S. The quantitative estimate of drug-likeness (QED) is 0.693. The molecule has 4 heterocycles. The summed E-state index contributed by atoms with van der Waals surface area (Å²) < 4.78 is 33.2. The zero-order chi connectivity index (χ0) is 18.6. The van der Waals surface area contributed by atoms with Crippen molar-refractivity contribution in [3.05, 3.63) is 60.3 Å². The van der Waals surface area contributed by atoms with Gasteiger partial charge in [0.05, 0.1) is 28.9 Å². The lowest BCUT2D eigenvalue weighted by Crippen LogP contribution is -2.25. The van der Waals surface area contributed by atoms with Gasteiger partial charge >= 0.3 is 0 Å². The zero-order valence-corrected chi connectivity index (χ0v) is 15.9. The second-order valence-corrected chi connectivity index (χ2v) is 9.49. The Labute approximate surface area is 158 Å². The van der Waals surface area contributed by atoms with Gasteiger partial charge in [-0.3, -0.25) is 9.58 Å². The summed E-state index contributed by atoms with van der Waals surface area (Å²) in [7, 11) is -3.28. The molecule has 0 amide bonds. The highest BCUT2D eigenvalue weighted by molar-refractivity contribution is 7.92. The SMILES string of the molecule is CCn1cc(CN2C[C@@H]3[C@@H](C2)c2cc(-c4ccoc4)ccc2S3(=O)=O)cn1. The second kappa shape index (κ2) is 6.07. The van der Waals surface area contributed by atoms with Gasteiger partial charge < -0.3 is 4.42 Å². The lowest BCUT2D eigenvalue weighted by Gasteiger charge is -2.16. The molecule has 140 valence electrons. The van der Waals surface area contributed by atoms with Crippen LogP contribution >= 0.6 is 0 Å². The molecule has 0 N–H and O–H groups in total. The van der Waals surface area contributed by atoms with E-state index in [-0.39, 0.29) is 11.2 Å². The van der Waals surface area contributed by atoms with Crippen molar-refractivity contribution in [3.8, 4) is 11.1 Å². The molecule has 27 heavy (non-hydrogen) atoms. The topological polar surface area (TPSA) is 68.3 Å². The molecule has 1 saturated heterocycles. The van der Waals surface area contributed by atoms with E-state index in [1.807, 2.05) is 35.3 Å². The summed E-state index contributed by atoms with van der Waals surface area (Å²) in [4.78, 5) is 2.74. The van der Waals surface area contributed by atoms with Crippen LogP contribution in [0.5, 0.6) is 0 Å². The van der Waals surface area contributed by atoms with E-state index in [2.05, 4.69) is 16.9 Å². The number of benzene rings is 1. The van der Waals surface area contributed by atoms with Crippen LogP contribution in [0.15, 0.2) is 58.5 Å². The van der Waals surface area contributed by atoms with E-state index in [9.17, 15) is 8.42 Å². The van der Waals surface area contributed by atoms with Crippen LogP contribution < -0.4 is 0 Å². The van der Waals surface area contributed by atoms with Gasteiger partial charge in [-0.15, -0.1) is 0 Å². The van der Waals surface area contributed by atoms with Crippen LogP contribution in [0.1, 0.15) is 24.0 Å². The molecule has 6 nitrogen and oxygen atoms in total. The highest BCUT2D eigenvalue weighted by atomic mass is 32.2. The first-order chi connectivity index (χ1) is 13.1. The first kappa shape index (κ1) is 16.8. The monoisotopic (exact) mass is 383 g/mol. The Morgan fingerprint density at radius 1 is 1.22 bits per heavy atom. The number of aryl methyl sites for hydroxylation is 1. The molecule has 0 aliphatic carbocycles. The maximum Gasteiger partial charge on any atom is 0.183 e. The van der Waals surface area contributed by atoms with Crippen molar-refractivity contribution in [2.45, 2.75) is 36.1 Å². The zero-order valence-electron chi connectivity index (χ0n) is 15.1. The van der Waals surface area contributed by atoms with Gasteiger partial charge in [-0.1, -0.05) is 6.07 Å². The highest BCUT2D eigenvalue weighted by Gasteiger charge is 2.50. The molecule has 2 atom stereocenters. The van der Waals surface area contributed by atoms with E-state index < -0.39 is 9.84 Å². The van der Waals surface area contributed by atoms with Crippen LogP contribution in [0.3, 0.4) is 0 Å². The van der Waals surface area contributed by atoms with Crippen molar-refractivity contribution in [1.82, 2.24) is 14.7 Å². The average molecular weight is 383 g/mol. The van der Waals surface area contributed by atoms with Crippen molar-refractivity contribution < 1.29 is 12.8 Å². The molecule has 1 fully saturated rings. The number of fused-ring (bicyclic) bond motifs is 3. The summed E-state index contributed by atoms with van der Waals surface area (Å²) in [5.74, 6) is 0.0260. The fourth-order valence-corrected chi connectivity index (χ4v) is 6.58. The van der Waals surface area contributed by atoms with Gasteiger partial charge in [0.25, 0.3) is 0 Å². The van der Waals surface area contributed by atoms with Gasteiger partial charge in [-0.25, -0.2) is 8.42 Å². The normalized spacial score (nSPS) is 23.4. The fraction of sp³-hybridized carbons (Fsp3) is 0.350. The molecule has 7 heteroatoms. The number of sulfone groups is 1. The average Bonchev–Trinajstić information content (AvgIpc) is 3.43. The number of furan rings is 1. The Morgan fingerprint density at radius 3 is 2.85 bits per heavy atom. The van der Waals surface area contributed by atoms with E-state index in [0.717, 1.165) is 41.9 Å². The molecule has 0 saturated carbocycles. The molecule has 2 aromatic heterocycles. The standard InChI is InChI=1S/C20H21N3O3S/c1-2-23-10-14(8-21-23)9-22-11-18-17-7-15(16-5-6-26-13-16)3-4-19(17)27(24,25)20(18)12-22/h3-8,10,13,18,20H,2,9,11-12H2,1H3/t18-,20+/m0/s1. The Morgan fingerprint density at radius 2 is 2.11 bits per heavy atom. The lowest BCUT2D eigenvalue weighted by atomic mass is 9.95. The Balaban J connectivity index is 1.45. The second-order valence-electron chi connectivity index (χ2n) is 7.35. The number of aromatic nitrogens is 2. The van der Waals surface area contributed by atoms with Crippen molar-refractivity contribution in [2.75, 3.05) is 13.1 Å². The van der Waals surface area contributed by atoms with Crippen LogP contribution in [-0.4, -0.2) is 41.4 Å². The van der Waals surface area contributed by atoms with E-state index in [1.54, 1.807) is 18.6 Å². The molecule has 0 spiro atoms. The maximum atomic E-state index is 13.1. The summed E-state index contributed by atoms with van der Waals surface area (Å²) in [5.41, 5.74) is 4.05. The minimum absolute atomic E-state index is 0.0260. The van der Waals surface area contributed by atoms with Crippen molar-refractivity contribution in [2.24, 2.45) is 0 Å². The van der Waals surface area contributed by atoms with Crippen LogP contribution in [0.2, 0.25) is 0 Å². The number of rotatable bonds is 4. The van der Waals surface area contributed by atoms with E-state index >= 15 is 0 Å². The lowest BCUT2D eigenvalue weighted by molar-refractivity contribution is 0.325. The van der Waals surface area contributed by atoms with Crippen molar-refractivity contribution in [3.63, 3.8) is 0 Å². The molecule has 3 aromatic rings. The summed E-state index contributed by atoms with van der Waals surface area (Å²) in [6.45, 7) is 4.95. The molecular weight excluding hydrogens is 362 g/mol. The molecule has 0 bridgehead atoms. The van der Waals surface area contributed by atoms with Crippen LogP contribution in [0.25, 0.3) is 11.1 Å². The molecule has 0 unspecified atom stereocenters. The van der Waals surface area contributed by atoms with E-state index in [0.29, 0.717) is 11.4 Å². The van der Waals surface area contributed by atoms with Gasteiger partial charge in [-0.05, 0) is 36.2 Å². The smallest absolute Gasteiger partial charge is 0.183 e. The summed E-state index contributed by atoms with van der Waals surface area (Å²) in [5, 5.41) is 3.96. The van der Waals surface area contributed by atoms with Crippen LogP contribution in [0, 0.1) is 0 Å². The fourth-order valence-electron chi connectivity index (χ4n) is 4.38. The first-order valence-electron chi connectivity index (χ1n) is 9.20. The third-order valence-electron chi connectivity index (χ3n) is 5.73. The van der Waals surface area contributed by atoms with Crippen LogP contribution in [-0.2, 0) is 22.9 Å². The first-order valence-corrected chi connectivity index (χ1v) is 10.7. The third-order valence-corrected chi connectivity index (χ3v) is 7.99. The predicted molar refractivity (Wildman–Crippen MR) is 101 cm³/mol. The van der Waals surface area contributed by atoms with Gasteiger partial charge in [0, 0.05) is 49.4 Å². The Hall–Kier alpha value is -2.38. The maximum absolute atomic E-state index is 13.1. The molecule has 1 aromatic carbocycles. The number of hydrogen-bond donors (Lipinski definition) is 0. The summed E-state index contributed by atoms with van der Waals surface area (Å²) in [6, 6.07) is 7.57. The summed E-state index contributed by atoms with van der Waals surface area (Å²) >= 11 is 0. The third kappa shape index (κ3) is 2.64. The van der Waals surface area contributed by atoms with E-state index in [1.165, 1.54) is 0 Å². The number of hydrogen-bond acceptors (Lipinski definition) is 5. The Kier molecular flexibility index (Phi) is 3.77. The highest BCUT2D eigenvalue weighted by Crippen LogP contribution is 2.46. The van der Waals surface area contributed by atoms with Gasteiger partial charge in [0.1, 0.15) is 0 Å². The van der Waals surface area contributed by atoms with Crippen molar-refractivity contribution >= 4 is 9.84 Å². The minimum atomic E-state index is -3.28. The Bertz CT molecular complexity index is 1090. The van der Waals surface area contributed by atoms with Gasteiger partial charge in [0.2, 0.25) is 0 Å². The van der Waals surface area contributed by atoms with Gasteiger partial charge in [0.15, 0.2) is 9.84 Å². The molecule has 0 radical (unpaired) electrons. The number of nitrogens with zero attached hydrogens (tertiary/aromatic N) is 3. The van der Waals surface area contributed by atoms with Crippen LogP contribution in [0.4, 0.5) is 0 Å². The summed E-state index contributed by atoms with van der Waals surface area (Å²) in [6.07, 6.45) is 7.23.